The third-order valence-electron chi connectivity index (χ3n) is 3.10. The van der Waals surface area contributed by atoms with Crippen molar-refractivity contribution in [3.8, 4) is 0 Å². The van der Waals surface area contributed by atoms with Crippen LogP contribution in [0.1, 0.15) is 31.1 Å². The number of nitrogen functional groups attached to an aromatic ring is 3. The van der Waals surface area contributed by atoms with Crippen LogP contribution in [-0.4, -0.2) is 48.2 Å². The molecule has 12 nitrogen and oxygen atoms in total. The number of carbonyl (C=O) groups is 3. The normalized spacial score (nSPS) is 8.90. The van der Waals surface area contributed by atoms with Gasteiger partial charge in [0.25, 0.3) is 0 Å². The number of carboxylic acid groups (broad SMARTS) is 3. The number of nitrogens with two attached hydrogens (primary N) is 3. The molecule has 0 amide bonds. The zero-order valence-electron chi connectivity index (χ0n) is 15.9. The Morgan fingerprint density at radius 2 is 0.774 bits per heavy atom. The van der Waals surface area contributed by atoms with Crippen molar-refractivity contribution in [1.82, 2.24) is 15.0 Å². The van der Waals surface area contributed by atoms with Crippen molar-refractivity contribution in [3.63, 3.8) is 0 Å². The van der Waals surface area contributed by atoms with Crippen molar-refractivity contribution < 1.29 is 65.3 Å². The Morgan fingerprint density at radius 3 is 0.903 bits per heavy atom. The van der Waals surface area contributed by atoms with Crippen LogP contribution in [0.5, 0.6) is 0 Å². The quantitative estimate of drug-likeness (QED) is 0.268. The Labute approximate surface area is 203 Å². The van der Waals surface area contributed by atoms with E-state index in [0.717, 1.165) is 0 Å². The van der Waals surface area contributed by atoms with E-state index >= 15 is 0 Å². The monoisotopic (exact) mass is 553 g/mol. The Bertz CT molecular complexity index is 866. The van der Waals surface area contributed by atoms with Crippen molar-refractivity contribution in [2.45, 2.75) is 0 Å². The molecule has 1 radical (unpaired) electrons. The van der Waals surface area contributed by atoms with Crippen molar-refractivity contribution in [1.29, 1.82) is 0 Å². The second kappa shape index (κ2) is 13.6. The first kappa shape index (κ1) is 27.5. The fourth-order valence-corrected chi connectivity index (χ4v) is 1.60. The van der Waals surface area contributed by atoms with Gasteiger partial charge in [-0.1, -0.05) is 0 Å². The number of pyridine rings is 3. The fourth-order valence-electron chi connectivity index (χ4n) is 1.60. The molecule has 0 aliphatic rings. The molecule has 9 N–H and O–H groups in total. The molecule has 0 saturated heterocycles. The Hall–Kier alpha value is -3.55. The molecule has 13 heteroatoms. The first-order valence-electron chi connectivity index (χ1n) is 7.94. The number of aromatic carboxylic acids is 3. The van der Waals surface area contributed by atoms with E-state index in [1.165, 1.54) is 55.0 Å². The second-order valence-corrected chi connectivity index (χ2v) is 5.33. The maximum Gasteiger partial charge on any atom is 0.337 e. The first-order chi connectivity index (χ1) is 14.1. The van der Waals surface area contributed by atoms with Gasteiger partial charge in [0.15, 0.2) is 0 Å². The number of hydrogen-bond acceptors (Lipinski definition) is 9. The average molecular weight is 553 g/mol. The molecule has 3 aromatic heterocycles. The molecule has 31 heavy (non-hydrogen) atoms. The fraction of sp³-hybridized carbons (Fsp3) is 0. The Balaban J connectivity index is 0.000000429. The molecule has 3 heterocycles. The topological polar surface area (TPSA) is 229 Å². The van der Waals surface area contributed by atoms with Gasteiger partial charge in [0, 0.05) is 54.2 Å². The summed E-state index contributed by atoms with van der Waals surface area (Å²) >= 11 is 0. The molecule has 0 bridgehead atoms. The van der Waals surface area contributed by atoms with Gasteiger partial charge >= 0.3 is 17.9 Å². The van der Waals surface area contributed by atoms with Gasteiger partial charge in [-0.05, 0) is 36.4 Å². The van der Waals surface area contributed by atoms with E-state index in [1.807, 2.05) is 0 Å². The molecule has 3 rings (SSSR count). The van der Waals surface area contributed by atoms with E-state index in [1.54, 1.807) is 0 Å². The predicted molar refractivity (Wildman–Crippen MR) is 107 cm³/mol. The number of nitrogens with zero attached hydrogens (tertiary/aromatic N) is 3. The summed E-state index contributed by atoms with van der Waals surface area (Å²) in [7, 11) is 0. The van der Waals surface area contributed by atoms with Gasteiger partial charge in [-0.15, -0.1) is 0 Å². The molecular formula is C18H18LaN6O6. The van der Waals surface area contributed by atoms with Gasteiger partial charge in [0.1, 0.15) is 17.5 Å². The standard InChI is InChI=1S/3C6H6N2O2.La/c3*7-5-2-1-4(3-8-5)6(9)10;/h3*1-3H,(H2,7,8)(H,9,10);. The number of hydrogen-bond donors (Lipinski definition) is 6. The molecule has 3 aromatic rings. The number of rotatable bonds is 3. The summed E-state index contributed by atoms with van der Waals surface area (Å²) in [6.45, 7) is 0. The van der Waals surface area contributed by atoms with Gasteiger partial charge in [-0.25, -0.2) is 29.3 Å². The predicted octanol–water partition coefficient (Wildman–Crippen LogP) is 1.09. The summed E-state index contributed by atoms with van der Waals surface area (Å²) in [5, 5.41) is 25.2. The molecule has 0 aliphatic heterocycles. The largest absolute Gasteiger partial charge is 0.478 e. The smallest absolute Gasteiger partial charge is 0.337 e. The maximum absolute atomic E-state index is 10.2. The Morgan fingerprint density at radius 1 is 0.548 bits per heavy atom. The average Bonchev–Trinajstić information content (AvgIpc) is 2.70. The molecule has 0 spiro atoms. The van der Waals surface area contributed by atoms with E-state index in [9.17, 15) is 14.4 Å². The van der Waals surface area contributed by atoms with Crippen LogP contribution < -0.4 is 17.2 Å². The Kier molecular flexibility index (Phi) is 12.1. The number of carboxylic acids is 3. The second-order valence-electron chi connectivity index (χ2n) is 5.33. The number of aromatic nitrogens is 3. The first-order valence-corrected chi connectivity index (χ1v) is 7.94. The molecule has 0 aliphatic carbocycles. The minimum atomic E-state index is -0.993. The molecular weight excluding hydrogens is 535 g/mol. The van der Waals surface area contributed by atoms with E-state index in [-0.39, 0.29) is 52.3 Å². The summed E-state index contributed by atoms with van der Waals surface area (Å²) in [4.78, 5) is 41.5. The van der Waals surface area contributed by atoms with Crippen molar-refractivity contribution in [2.75, 3.05) is 17.2 Å². The minimum absolute atomic E-state index is 0. The van der Waals surface area contributed by atoms with E-state index in [0.29, 0.717) is 17.5 Å². The van der Waals surface area contributed by atoms with Crippen molar-refractivity contribution in [3.05, 3.63) is 71.7 Å². The van der Waals surface area contributed by atoms with Gasteiger partial charge < -0.3 is 32.5 Å². The molecule has 0 saturated carbocycles. The van der Waals surface area contributed by atoms with Gasteiger partial charge in [0.2, 0.25) is 0 Å². The summed E-state index contributed by atoms with van der Waals surface area (Å²) in [6, 6.07) is 8.57. The van der Waals surface area contributed by atoms with Crippen LogP contribution in [0.2, 0.25) is 0 Å². The van der Waals surface area contributed by atoms with E-state index in [4.69, 9.17) is 32.5 Å². The van der Waals surface area contributed by atoms with E-state index in [2.05, 4.69) is 15.0 Å². The zero-order chi connectivity index (χ0) is 22.7. The van der Waals surface area contributed by atoms with Crippen LogP contribution in [0.4, 0.5) is 17.5 Å². The number of anilines is 3. The van der Waals surface area contributed by atoms with Crippen molar-refractivity contribution in [2.24, 2.45) is 0 Å². The summed E-state index contributed by atoms with van der Waals surface area (Å²) < 4.78 is 0. The zero-order valence-corrected chi connectivity index (χ0v) is 19.5. The maximum atomic E-state index is 10.2. The summed E-state index contributed by atoms with van der Waals surface area (Å²) in [5.41, 5.74) is 16.1. The summed E-state index contributed by atoms with van der Waals surface area (Å²) in [6.07, 6.45) is 3.66. The van der Waals surface area contributed by atoms with Gasteiger partial charge in [-0.2, -0.15) is 0 Å². The van der Waals surface area contributed by atoms with Crippen LogP contribution in [0.25, 0.3) is 0 Å². The van der Waals surface area contributed by atoms with Crippen LogP contribution in [0.3, 0.4) is 0 Å². The molecule has 0 unspecified atom stereocenters. The minimum Gasteiger partial charge on any atom is -0.478 e. The third-order valence-corrected chi connectivity index (χ3v) is 3.10. The van der Waals surface area contributed by atoms with Gasteiger partial charge in [0.05, 0.1) is 16.7 Å². The van der Waals surface area contributed by atoms with Crippen molar-refractivity contribution >= 4 is 35.4 Å². The molecule has 0 aromatic carbocycles. The summed E-state index contributed by atoms with van der Waals surface area (Å²) in [5.74, 6) is -2.01. The SMILES string of the molecule is Nc1ccc(C(=O)O)cn1.Nc1ccc(C(=O)O)cn1.Nc1ccc(C(=O)O)cn1.[La]. The molecule has 0 fully saturated rings. The van der Waals surface area contributed by atoms with Gasteiger partial charge in [-0.3, -0.25) is 0 Å². The molecule has 0 atom stereocenters. The van der Waals surface area contributed by atoms with E-state index < -0.39 is 17.9 Å². The van der Waals surface area contributed by atoms with Crippen LogP contribution in [-0.2, 0) is 0 Å². The van der Waals surface area contributed by atoms with Crippen LogP contribution in [0.15, 0.2) is 55.0 Å². The van der Waals surface area contributed by atoms with Crippen LogP contribution in [0, 0.1) is 35.6 Å². The molecule has 159 valence electrons. The van der Waals surface area contributed by atoms with Crippen LogP contribution >= 0.6 is 0 Å². The third kappa shape index (κ3) is 10.7.